The van der Waals surface area contributed by atoms with Gasteiger partial charge in [-0.05, 0) is 30.2 Å². The zero-order chi connectivity index (χ0) is 18.2. The minimum absolute atomic E-state index is 0. The van der Waals surface area contributed by atoms with Gasteiger partial charge in [-0.2, -0.15) is 0 Å². The van der Waals surface area contributed by atoms with Crippen LogP contribution in [0.4, 0.5) is 0 Å². The van der Waals surface area contributed by atoms with E-state index in [0.717, 1.165) is 11.5 Å². The van der Waals surface area contributed by atoms with Crippen molar-refractivity contribution < 1.29 is 4.79 Å². The van der Waals surface area contributed by atoms with Crippen LogP contribution in [0.3, 0.4) is 0 Å². The molecule has 0 fully saturated rings. The van der Waals surface area contributed by atoms with E-state index in [1.165, 1.54) is 5.56 Å². The highest BCUT2D eigenvalue weighted by Gasteiger charge is 2.09. The average molecular weight is 466 g/mol. The Hall–Kier alpha value is -2.09. The summed E-state index contributed by atoms with van der Waals surface area (Å²) in [4.78, 5) is 17.7. The first kappa shape index (κ1) is 22.0. The first-order valence-corrected chi connectivity index (χ1v) is 8.34. The van der Waals surface area contributed by atoms with Crippen molar-refractivity contribution in [2.45, 2.75) is 19.5 Å². The maximum atomic E-state index is 11.9. The van der Waals surface area contributed by atoms with Crippen LogP contribution in [-0.2, 0) is 6.54 Å². The highest BCUT2D eigenvalue weighted by molar-refractivity contribution is 14.0. The predicted molar refractivity (Wildman–Crippen MR) is 118 cm³/mol. The summed E-state index contributed by atoms with van der Waals surface area (Å²) >= 11 is 0. The van der Waals surface area contributed by atoms with Crippen LogP contribution < -0.4 is 10.6 Å². The van der Waals surface area contributed by atoms with Crippen molar-refractivity contribution in [2.75, 3.05) is 21.1 Å². The molecular formula is C20H27IN4O. The normalized spacial score (nSPS) is 11.9. The largest absolute Gasteiger partial charge is 0.352 e. The molecular weight excluding hydrogens is 439 g/mol. The number of carbonyl (C=O) groups is 1. The van der Waals surface area contributed by atoms with E-state index in [2.05, 4.69) is 34.7 Å². The molecule has 1 atom stereocenters. The molecule has 2 aromatic rings. The minimum atomic E-state index is 0. The quantitative estimate of drug-likeness (QED) is 0.404. The van der Waals surface area contributed by atoms with E-state index >= 15 is 0 Å². The number of rotatable bonds is 5. The lowest BCUT2D eigenvalue weighted by Gasteiger charge is -2.18. The minimum Gasteiger partial charge on any atom is -0.352 e. The summed E-state index contributed by atoms with van der Waals surface area (Å²) in [6, 6.07) is 18.0. The molecule has 2 N–H and O–H groups in total. The van der Waals surface area contributed by atoms with Gasteiger partial charge in [0.2, 0.25) is 0 Å². The van der Waals surface area contributed by atoms with Crippen molar-refractivity contribution in [1.82, 2.24) is 15.5 Å². The van der Waals surface area contributed by atoms with Gasteiger partial charge in [0.25, 0.3) is 5.91 Å². The molecule has 0 radical (unpaired) electrons. The lowest BCUT2D eigenvalue weighted by molar-refractivity contribution is 0.0827. The number of aliphatic imine (C=N–C) groups is 1. The summed E-state index contributed by atoms with van der Waals surface area (Å²) in [7, 11) is 5.26. The molecule has 140 valence electrons. The van der Waals surface area contributed by atoms with Gasteiger partial charge in [0.1, 0.15) is 0 Å². The van der Waals surface area contributed by atoms with Crippen molar-refractivity contribution in [3.8, 4) is 0 Å². The second kappa shape index (κ2) is 10.8. The fourth-order valence-corrected chi connectivity index (χ4v) is 2.43. The molecule has 2 rings (SSSR count). The Morgan fingerprint density at radius 2 is 1.69 bits per heavy atom. The number of amides is 1. The molecule has 0 saturated heterocycles. The third-order valence-corrected chi connectivity index (χ3v) is 3.94. The van der Waals surface area contributed by atoms with Crippen LogP contribution in [0.1, 0.15) is 34.5 Å². The van der Waals surface area contributed by atoms with Crippen molar-refractivity contribution >= 4 is 35.8 Å². The van der Waals surface area contributed by atoms with Crippen LogP contribution in [0.5, 0.6) is 0 Å². The third kappa shape index (κ3) is 6.33. The first-order chi connectivity index (χ1) is 12.0. The van der Waals surface area contributed by atoms with Crippen LogP contribution in [0.2, 0.25) is 0 Å². The number of halogens is 1. The van der Waals surface area contributed by atoms with Crippen molar-refractivity contribution in [3.05, 3.63) is 71.3 Å². The van der Waals surface area contributed by atoms with Gasteiger partial charge in [-0.25, -0.2) is 0 Å². The summed E-state index contributed by atoms with van der Waals surface area (Å²) in [6.45, 7) is 2.74. The van der Waals surface area contributed by atoms with Gasteiger partial charge in [-0.3, -0.25) is 9.79 Å². The zero-order valence-electron chi connectivity index (χ0n) is 15.7. The van der Waals surface area contributed by atoms with E-state index in [9.17, 15) is 4.79 Å². The van der Waals surface area contributed by atoms with E-state index < -0.39 is 0 Å². The number of nitrogens with zero attached hydrogens (tertiary/aromatic N) is 2. The number of benzene rings is 2. The van der Waals surface area contributed by atoms with Crippen molar-refractivity contribution in [3.63, 3.8) is 0 Å². The number of carbonyl (C=O) groups excluding carboxylic acids is 1. The van der Waals surface area contributed by atoms with Gasteiger partial charge in [0, 0.05) is 33.3 Å². The van der Waals surface area contributed by atoms with Crippen molar-refractivity contribution in [1.29, 1.82) is 0 Å². The lowest BCUT2D eigenvalue weighted by Crippen LogP contribution is -2.38. The van der Waals surface area contributed by atoms with Crippen LogP contribution in [0, 0.1) is 0 Å². The van der Waals surface area contributed by atoms with E-state index in [1.807, 2.05) is 42.5 Å². The Morgan fingerprint density at radius 3 is 2.23 bits per heavy atom. The summed E-state index contributed by atoms with van der Waals surface area (Å²) in [6.07, 6.45) is 0. The molecule has 1 amide bonds. The van der Waals surface area contributed by atoms with Crippen LogP contribution in [-0.4, -0.2) is 37.9 Å². The monoisotopic (exact) mass is 466 g/mol. The fraction of sp³-hybridized carbons (Fsp3) is 0.300. The van der Waals surface area contributed by atoms with Gasteiger partial charge in [0.15, 0.2) is 5.96 Å². The Labute approximate surface area is 172 Å². The second-order valence-electron chi connectivity index (χ2n) is 6.10. The molecule has 2 aromatic carbocycles. The van der Waals surface area contributed by atoms with Crippen LogP contribution in [0.15, 0.2) is 59.6 Å². The van der Waals surface area contributed by atoms with E-state index in [0.29, 0.717) is 12.1 Å². The molecule has 0 heterocycles. The van der Waals surface area contributed by atoms with Gasteiger partial charge in [-0.1, -0.05) is 42.5 Å². The molecule has 6 heteroatoms. The molecule has 0 aromatic heterocycles. The topological polar surface area (TPSA) is 56.7 Å². The fourth-order valence-electron chi connectivity index (χ4n) is 2.43. The molecule has 26 heavy (non-hydrogen) atoms. The van der Waals surface area contributed by atoms with Gasteiger partial charge >= 0.3 is 0 Å². The highest BCUT2D eigenvalue weighted by atomic mass is 127. The summed E-state index contributed by atoms with van der Waals surface area (Å²) in [5.41, 5.74) is 2.98. The standard InChI is InChI=1S/C20H26N4O.HI/c1-15(17-8-6-5-7-9-17)23-20(21-2)22-14-16-10-12-18(13-11-16)19(25)24(3)4;/h5-13,15H,14H2,1-4H3,(H2,21,22,23);1H. The Kier molecular flexibility index (Phi) is 9.12. The van der Waals surface area contributed by atoms with Crippen LogP contribution in [0.25, 0.3) is 0 Å². The second-order valence-corrected chi connectivity index (χ2v) is 6.10. The Bertz CT molecular complexity index is 714. The van der Waals surface area contributed by atoms with Gasteiger partial charge in [-0.15, -0.1) is 24.0 Å². The molecule has 0 spiro atoms. The predicted octanol–water partition coefficient (Wildman–Crippen LogP) is 3.43. The number of hydrogen-bond donors (Lipinski definition) is 2. The number of nitrogens with one attached hydrogen (secondary N) is 2. The summed E-state index contributed by atoms with van der Waals surface area (Å²) < 4.78 is 0. The van der Waals surface area contributed by atoms with Crippen molar-refractivity contribution in [2.24, 2.45) is 4.99 Å². The maximum Gasteiger partial charge on any atom is 0.253 e. The highest BCUT2D eigenvalue weighted by Crippen LogP contribution is 2.11. The van der Waals surface area contributed by atoms with Crippen LogP contribution >= 0.6 is 24.0 Å². The molecule has 5 nitrogen and oxygen atoms in total. The lowest BCUT2D eigenvalue weighted by atomic mass is 10.1. The summed E-state index contributed by atoms with van der Waals surface area (Å²) in [5, 5.41) is 6.68. The first-order valence-electron chi connectivity index (χ1n) is 8.34. The smallest absolute Gasteiger partial charge is 0.253 e. The van der Waals surface area contributed by atoms with E-state index in [4.69, 9.17) is 0 Å². The number of hydrogen-bond acceptors (Lipinski definition) is 2. The molecule has 0 bridgehead atoms. The zero-order valence-corrected chi connectivity index (χ0v) is 18.0. The molecule has 0 aliphatic heterocycles. The van der Waals surface area contributed by atoms with Gasteiger partial charge in [0.05, 0.1) is 6.04 Å². The maximum absolute atomic E-state index is 11.9. The Balaban J connectivity index is 0.00000338. The average Bonchev–Trinajstić information content (AvgIpc) is 2.65. The molecule has 0 aliphatic rings. The van der Waals surface area contributed by atoms with Gasteiger partial charge < -0.3 is 15.5 Å². The molecule has 0 aliphatic carbocycles. The summed E-state index contributed by atoms with van der Waals surface area (Å²) in [5.74, 6) is 0.749. The number of guanidine groups is 1. The third-order valence-electron chi connectivity index (χ3n) is 3.94. The Morgan fingerprint density at radius 1 is 1.08 bits per heavy atom. The van der Waals surface area contributed by atoms with E-state index in [1.54, 1.807) is 26.0 Å². The molecule has 1 unspecified atom stereocenters. The SMILES string of the molecule is CN=C(NCc1ccc(C(=O)N(C)C)cc1)NC(C)c1ccccc1.I. The van der Waals surface area contributed by atoms with E-state index in [-0.39, 0.29) is 35.9 Å². The molecule has 0 saturated carbocycles.